The number of amides is 2. The maximum Gasteiger partial charge on any atom is 0.298 e. The lowest BCUT2D eigenvalue weighted by Gasteiger charge is -2.11. The number of benzene rings is 3. The van der Waals surface area contributed by atoms with Gasteiger partial charge in [-0.15, -0.1) is 0 Å². The number of hydrogen-bond acceptors (Lipinski definition) is 4. The Labute approximate surface area is 183 Å². The normalized spacial score (nSPS) is 15.1. The van der Waals surface area contributed by atoms with Crippen molar-refractivity contribution >= 4 is 34.7 Å². The van der Waals surface area contributed by atoms with E-state index in [0.29, 0.717) is 10.6 Å². The molecule has 0 bridgehead atoms. The zero-order valence-corrected chi connectivity index (χ0v) is 17.2. The van der Waals surface area contributed by atoms with E-state index in [-0.39, 0.29) is 11.1 Å². The highest BCUT2D eigenvalue weighted by molar-refractivity contribution is 8.19. The fourth-order valence-electron chi connectivity index (χ4n) is 3.43. The van der Waals surface area contributed by atoms with Crippen molar-refractivity contribution in [2.24, 2.45) is 0 Å². The van der Waals surface area contributed by atoms with Crippen LogP contribution in [0.3, 0.4) is 0 Å². The first-order valence-electron chi connectivity index (χ1n) is 9.74. The number of aromatic nitrogens is 2. The predicted octanol–water partition coefficient (Wildman–Crippen LogP) is 5.78. The van der Waals surface area contributed by atoms with Crippen LogP contribution in [0.25, 0.3) is 23.0 Å². The molecular formula is C25H17N3O2S. The van der Waals surface area contributed by atoms with Gasteiger partial charge in [0, 0.05) is 17.3 Å². The fourth-order valence-corrected chi connectivity index (χ4v) is 4.27. The zero-order chi connectivity index (χ0) is 21.2. The molecule has 2 heterocycles. The van der Waals surface area contributed by atoms with Crippen LogP contribution < -0.4 is 4.90 Å². The Morgan fingerprint density at radius 1 is 0.742 bits per heavy atom. The van der Waals surface area contributed by atoms with Gasteiger partial charge in [0.25, 0.3) is 11.1 Å². The largest absolute Gasteiger partial charge is 0.298 e. The Bertz CT molecular complexity index is 1280. The van der Waals surface area contributed by atoms with E-state index in [1.165, 1.54) is 4.90 Å². The van der Waals surface area contributed by atoms with Crippen LogP contribution in [0.2, 0.25) is 0 Å². The van der Waals surface area contributed by atoms with E-state index >= 15 is 0 Å². The molecule has 0 spiro atoms. The van der Waals surface area contributed by atoms with E-state index in [1.807, 2.05) is 72.9 Å². The average Bonchev–Trinajstić information content (AvgIpc) is 3.36. The number of imide groups is 1. The molecule has 6 heteroatoms. The summed E-state index contributed by atoms with van der Waals surface area (Å²) in [6.07, 6.45) is 3.64. The first kappa shape index (κ1) is 19.1. The Kier molecular flexibility index (Phi) is 4.98. The minimum Gasteiger partial charge on any atom is -0.268 e. The molecule has 0 radical (unpaired) electrons. The van der Waals surface area contributed by atoms with Gasteiger partial charge in [-0.25, -0.2) is 9.58 Å². The van der Waals surface area contributed by atoms with Crippen LogP contribution in [0, 0.1) is 0 Å². The van der Waals surface area contributed by atoms with E-state index in [1.54, 1.807) is 35.0 Å². The first-order valence-corrected chi connectivity index (χ1v) is 10.6. The average molecular weight is 423 g/mol. The molecule has 0 aliphatic carbocycles. The molecule has 0 saturated carbocycles. The summed E-state index contributed by atoms with van der Waals surface area (Å²) in [6.45, 7) is 0. The quantitative estimate of drug-likeness (QED) is 0.391. The maximum absolute atomic E-state index is 13.0. The van der Waals surface area contributed by atoms with Gasteiger partial charge in [0.1, 0.15) is 0 Å². The van der Waals surface area contributed by atoms with Crippen molar-refractivity contribution in [3.63, 3.8) is 0 Å². The highest BCUT2D eigenvalue weighted by Crippen LogP contribution is 2.37. The third kappa shape index (κ3) is 3.69. The smallest absolute Gasteiger partial charge is 0.268 e. The number of rotatable bonds is 4. The highest BCUT2D eigenvalue weighted by atomic mass is 32.2. The van der Waals surface area contributed by atoms with Crippen molar-refractivity contribution in [1.82, 2.24) is 9.78 Å². The summed E-state index contributed by atoms with van der Waals surface area (Å²) in [4.78, 5) is 27.2. The van der Waals surface area contributed by atoms with Gasteiger partial charge >= 0.3 is 0 Å². The van der Waals surface area contributed by atoms with E-state index in [2.05, 4.69) is 0 Å². The highest BCUT2D eigenvalue weighted by Gasteiger charge is 2.36. The summed E-state index contributed by atoms with van der Waals surface area (Å²) in [7, 11) is 0. The molecule has 31 heavy (non-hydrogen) atoms. The number of para-hydroxylation sites is 2. The van der Waals surface area contributed by atoms with Crippen molar-refractivity contribution in [2.75, 3.05) is 4.90 Å². The van der Waals surface area contributed by atoms with Gasteiger partial charge < -0.3 is 0 Å². The van der Waals surface area contributed by atoms with Gasteiger partial charge in [-0.05, 0) is 42.1 Å². The van der Waals surface area contributed by atoms with Crippen LogP contribution in [-0.4, -0.2) is 20.9 Å². The first-order chi connectivity index (χ1) is 15.2. The Morgan fingerprint density at radius 3 is 1.97 bits per heavy atom. The van der Waals surface area contributed by atoms with Crippen LogP contribution in [0.15, 0.2) is 102 Å². The molecule has 3 aromatic carbocycles. The number of carbonyl (C=O) groups is 2. The maximum atomic E-state index is 13.0. The van der Waals surface area contributed by atoms with Gasteiger partial charge in [-0.2, -0.15) is 5.10 Å². The molecule has 4 aromatic rings. The molecule has 1 aromatic heterocycles. The molecule has 0 N–H and O–H groups in total. The summed E-state index contributed by atoms with van der Waals surface area (Å²) in [5, 5.41) is 4.46. The van der Waals surface area contributed by atoms with Crippen molar-refractivity contribution in [3.8, 4) is 16.9 Å². The van der Waals surface area contributed by atoms with Crippen molar-refractivity contribution in [2.45, 2.75) is 0 Å². The molecule has 0 unspecified atom stereocenters. The summed E-state index contributed by atoms with van der Waals surface area (Å²) in [5.41, 5.74) is 3.93. The van der Waals surface area contributed by atoms with Crippen LogP contribution in [0.4, 0.5) is 10.5 Å². The fraction of sp³-hybridized carbons (Fsp3) is 0. The number of thioether (sulfide) groups is 1. The lowest BCUT2D eigenvalue weighted by atomic mass is 10.1. The molecule has 2 amide bonds. The standard InChI is InChI=1S/C25H17N3O2S/c29-24-22(31-25(30)28(24)21-14-8-3-9-15-21)16-19-17-27(20-12-6-2-7-13-20)26-23(19)18-10-4-1-5-11-18/h1-17H/b22-16-. The van der Waals surface area contributed by atoms with E-state index in [0.717, 1.165) is 34.3 Å². The van der Waals surface area contributed by atoms with Gasteiger partial charge in [-0.1, -0.05) is 66.7 Å². The second-order valence-electron chi connectivity index (χ2n) is 6.93. The van der Waals surface area contributed by atoms with Crippen LogP contribution in [0.1, 0.15) is 5.56 Å². The molecule has 5 rings (SSSR count). The zero-order valence-electron chi connectivity index (χ0n) is 16.4. The second-order valence-corrected chi connectivity index (χ2v) is 7.93. The number of carbonyl (C=O) groups excluding carboxylic acids is 2. The minimum atomic E-state index is -0.326. The molecule has 0 atom stereocenters. The number of nitrogens with zero attached hydrogens (tertiary/aromatic N) is 3. The van der Waals surface area contributed by atoms with Crippen LogP contribution in [0.5, 0.6) is 0 Å². The molecule has 1 aliphatic heterocycles. The minimum absolute atomic E-state index is 0.306. The Hall–Kier alpha value is -3.90. The van der Waals surface area contributed by atoms with Gasteiger partial charge in [-0.3, -0.25) is 9.59 Å². The topological polar surface area (TPSA) is 55.2 Å². The summed E-state index contributed by atoms with van der Waals surface area (Å²) < 4.78 is 1.79. The molecular weight excluding hydrogens is 406 g/mol. The Morgan fingerprint density at radius 2 is 1.32 bits per heavy atom. The lowest BCUT2D eigenvalue weighted by molar-refractivity contribution is -0.113. The molecule has 1 saturated heterocycles. The van der Waals surface area contributed by atoms with Crippen LogP contribution >= 0.6 is 11.8 Å². The summed E-state index contributed by atoms with van der Waals surface area (Å²) in [5.74, 6) is -0.326. The van der Waals surface area contributed by atoms with Gasteiger partial charge in [0.15, 0.2) is 0 Å². The number of hydrogen-bond donors (Lipinski definition) is 0. The van der Waals surface area contributed by atoms with E-state index in [9.17, 15) is 9.59 Å². The lowest BCUT2D eigenvalue weighted by Crippen LogP contribution is -2.27. The SMILES string of the molecule is O=C1S/C(=C\c2cn(-c3ccccc3)nc2-c2ccccc2)C(=O)N1c1ccccc1. The van der Waals surface area contributed by atoms with E-state index in [4.69, 9.17) is 5.10 Å². The van der Waals surface area contributed by atoms with Crippen molar-refractivity contribution < 1.29 is 9.59 Å². The predicted molar refractivity (Wildman–Crippen MR) is 124 cm³/mol. The van der Waals surface area contributed by atoms with Crippen molar-refractivity contribution in [1.29, 1.82) is 0 Å². The Balaban J connectivity index is 1.58. The summed E-state index contributed by atoms with van der Waals surface area (Å²) >= 11 is 0.942. The summed E-state index contributed by atoms with van der Waals surface area (Å²) in [6, 6.07) is 28.5. The number of anilines is 1. The van der Waals surface area contributed by atoms with Crippen molar-refractivity contribution in [3.05, 3.63) is 108 Å². The van der Waals surface area contributed by atoms with Gasteiger partial charge in [0.2, 0.25) is 0 Å². The second kappa shape index (κ2) is 8.08. The monoisotopic (exact) mass is 423 g/mol. The third-order valence-electron chi connectivity index (χ3n) is 4.91. The molecule has 150 valence electrons. The third-order valence-corrected chi connectivity index (χ3v) is 5.77. The molecule has 1 aliphatic rings. The van der Waals surface area contributed by atoms with E-state index < -0.39 is 0 Å². The molecule has 5 nitrogen and oxygen atoms in total. The van der Waals surface area contributed by atoms with Gasteiger partial charge in [0.05, 0.1) is 22.0 Å². The van der Waals surface area contributed by atoms with Crippen LogP contribution in [-0.2, 0) is 4.79 Å². The molecule has 1 fully saturated rings.